The van der Waals surface area contributed by atoms with Crippen LogP contribution in [0.5, 0.6) is 5.75 Å². The van der Waals surface area contributed by atoms with Crippen LogP contribution in [0.3, 0.4) is 0 Å². The van der Waals surface area contributed by atoms with Gasteiger partial charge in [0.1, 0.15) is 11.6 Å². The number of carbonyl (C=O) groups excluding carboxylic acids is 1. The minimum Gasteiger partial charge on any atom is -0.480 e. The third-order valence-electron chi connectivity index (χ3n) is 4.78. The van der Waals surface area contributed by atoms with Crippen molar-refractivity contribution in [2.45, 2.75) is 50.7 Å². The monoisotopic (exact) mass is 311 g/mol. The summed E-state index contributed by atoms with van der Waals surface area (Å²) in [6, 6.07) is 10.1. The van der Waals surface area contributed by atoms with Gasteiger partial charge in [-0.1, -0.05) is 37.5 Å². The smallest absolute Gasteiger partial charge is 0.266 e. The topological polar surface area (TPSA) is 56.2 Å². The van der Waals surface area contributed by atoms with Gasteiger partial charge >= 0.3 is 0 Å². The lowest BCUT2D eigenvalue weighted by atomic mass is 9.96. The minimum atomic E-state index is -0.456. The fraction of sp³-hybridized carbons (Fsp3) is 0.444. The molecule has 0 saturated heterocycles. The summed E-state index contributed by atoms with van der Waals surface area (Å²) < 4.78 is 7.73. The summed E-state index contributed by atoms with van der Waals surface area (Å²) in [4.78, 5) is 12.5. The third-order valence-corrected chi connectivity index (χ3v) is 4.78. The van der Waals surface area contributed by atoms with Gasteiger partial charge in [0.05, 0.1) is 12.2 Å². The number of fused-ring (bicyclic) bond motifs is 1. The summed E-state index contributed by atoms with van der Waals surface area (Å²) in [5.74, 6) is 1.49. The predicted octanol–water partition coefficient (Wildman–Crippen LogP) is 3.33. The van der Waals surface area contributed by atoms with E-state index in [0.29, 0.717) is 12.5 Å². The zero-order chi connectivity index (χ0) is 15.6. The molecule has 5 nitrogen and oxygen atoms in total. The van der Waals surface area contributed by atoms with Gasteiger partial charge in [-0.3, -0.25) is 4.79 Å². The van der Waals surface area contributed by atoms with E-state index in [9.17, 15) is 4.79 Å². The molecule has 5 heteroatoms. The molecule has 23 heavy (non-hydrogen) atoms. The van der Waals surface area contributed by atoms with Crippen LogP contribution in [0.2, 0.25) is 0 Å². The number of aromatic nitrogens is 2. The molecular formula is C18H21N3O2. The lowest BCUT2D eigenvalue weighted by Gasteiger charge is -2.24. The number of ether oxygens (including phenoxy) is 1. The van der Waals surface area contributed by atoms with Gasteiger partial charge in [0.15, 0.2) is 6.10 Å². The molecule has 1 unspecified atom stereocenters. The minimum absolute atomic E-state index is 0.0984. The summed E-state index contributed by atoms with van der Waals surface area (Å²) >= 11 is 0. The maximum absolute atomic E-state index is 12.5. The fourth-order valence-electron chi connectivity index (χ4n) is 3.56. The van der Waals surface area contributed by atoms with Crippen LogP contribution < -0.4 is 10.1 Å². The van der Waals surface area contributed by atoms with Crippen LogP contribution in [-0.4, -0.2) is 21.8 Å². The van der Waals surface area contributed by atoms with E-state index in [1.54, 1.807) is 6.20 Å². The van der Waals surface area contributed by atoms with E-state index < -0.39 is 6.10 Å². The quantitative estimate of drug-likeness (QED) is 0.946. The van der Waals surface area contributed by atoms with Gasteiger partial charge in [-0.25, -0.2) is 4.68 Å². The summed E-state index contributed by atoms with van der Waals surface area (Å²) in [6.07, 6.45) is 7.97. The van der Waals surface area contributed by atoms with Gasteiger partial charge in [0, 0.05) is 12.5 Å². The molecule has 1 aromatic heterocycles. The second kappa shape index (κ2) is 6.07. The van der Waals surface area contributed by atoms with Gasteiger partial charge in [0.25, 0.3) is 5.91 Å². The summed E-state index contributed by atoms with van der Waals surface area (Å²) in [6.45, 7) is 0. The first-order chi connectivity index (χ1) is 11.3. The summed E-state index contributed by atoms with van der Waals surface area (Å²) in [7, 11) is 0. The molecule has 1 saturated carbocycles. The molecule has 1 amide bonds. The number of hydrogen-bond acceptors (Lipinski definition) is 3. The molecule has 0 bridgehead atoms. The molecular weight excluding hydrogens is 290 g/mol. The molecule has 1 aliphatic carbocycles. The maximum Gasteiger partial charge on any atom is 0.266 e. The average molecular weight is 311 g/mol. The Morgan fingerprint density at radius 1 is 1.17 bits per heavy atom. The Morgan fingerprint density at radius 2 is 2.00 bits per heavy atom. The standard InChI is InChI=1S/C18H21N3O2/c22-18(16-12-13-6-4-5-9-15(13)23-16)20-17-10-11-19-21(17)14-7-2-1-3-8-14/h4-6,9-11,14,16H,1-3,7-8,12H2,(H,20,22). The number of carbonyl (C=O) groups is 1. The highest BCUT2D eigenvalue weighted by atomic mass is 16.5. The van der Waals surface area contributed by atoms with E-state index in [2.05, 4.69) is 10.4 Å². The molecule has 1 N–H and O–H groups in total. The molecule has 1 atom stereocenters. The number of nitrogens with one attached hydrogen (secondary N) is 1. The van der Waals surface area contributed by atoms with Crippen LogP contribution in [0.25, 0.3) is 0 Å². The number of para-hydroxylation sites is 1. The molecule has 1 fully saturated rings. The highest BCUT2D eigenvalue weighted by Crippen LogP contribution is 2.31. The van der Waals surface area contributed by atoms with Gasteiger partial charge < -0.3 is 10.1 Å². The first-order valence-electron chi connectivity index (χ1n) is 8.40. The van der Waals surface area contributed by atoms with Crippen molar-refractivity contribution in [3.05, 3.63) is 42.1 Å². The summed E-state index contributed by atoms with van der Waals surface area (Å²) in [5, 5.41) is 7.42. The molecule has 4 rings (SSSR count). The number of anilines is 1. The Bertz CT molecular complexity index is 679. The number of rotatable bonds is 3. The van der Waals surface area contributed by atoms with E-state index >= 15 is 0 Å². The second-order valence-corrected chi connectivity index (χ2v) is 6.36. The Hall–Kier alpha value is -2.30. The van der Waals surface area contributed by atoms with Crippen LogP contribution in [0.15, 0.2) is 36.5 Å². The van der Waals surface area contributed by atoms with Crippen LogP contribution in [0.4, 0.5) is 5.82 Å². The van der Waals surface area contributed by atoms with Crippen molar-refractivity contribution in [3.63, 3.8) is 0 Å². The molecule has 0 spiro atoms. The Balaban J connectivity index is 1.45. The number of nitrogens with zero attached hydrogens (tertiary/aromatic N) is 2. The van der Waals surface area contributed by atoms with Crippen molar-refractivity contribution >= 4 is 11.7 Å². The molecule has 1 aromatic carbocycles. The van der Waals surface area contributed by atoms with Crippen LogP contribution in [0, 0.1) is 0 Å². The first-order valence-corrected chi connectivity index (χ1v) is 8.40. The van der Waals surface area contributed by atoms with E-state index in [1.165, 1.54) is 19.3 Å². The second-order valence-electron chi connectivity index (χ2n) is 6.36. The highest BCUT2D eigenvalue weighted by Gasteiger charge is 2.29. The van der Waals surface area contributed by atoms with Crippen molar-refractivity contribution in [1.82, 2.24) is 9.78 Å². The Labute approximate surface area is 135 Å². The van der Waals surface area contributed by atoms with Crippen molar-refractivity contribution in [2.24, 2.45) is 0 Å². The average Bonchev–Trinajstić information content (AvgIpc) is 3.22. The normalized spacial score (nSPS) is 20.8. The number of hydrogen-bond donors (Lipinski definition) is 1. The van der Waals surface area contributed by atoms with Crippen LogP contribution >= 0.6 is 0 Å². The van der Waals surface area contributed by atoms with E-state index in [4.69, 9.17) is 4.74 Å². The zero-order valence-electron chi connectivity index (χ0n) is 13.1. The first kappa shape index (κ1) is 14.3. The highest BCUT2D eigenvalue weighted by molar-refractivity contribution is 5.94. The molecule has 2 aromatic rings. The number of amides is 1. The lowest BCUT2D eigenvalue weighted by molar-refractivity contribution is -0.122. The van der Waals surface area contributed by atoms with Crippen molar-refractivity contribution in [3.8, 4) is 5.75 Å². The third kappa shape index (κ3) is 2.83. The van der Waals surface area contributed by atoms with E-state index in [0.717, 1.165) is 30.0 Å². The van der Waals surface area contributed by atoms with Gasteiger partial charge in [-0.15, -0.1) is 0 Å². The Kier molecular flexibility index (Phi) is 3.77. The van der Waals surface area contributed by atoms with Crippen molar-refractivity contribution in [2.75, 3.05) is 5.32 Å². The zero-order valence-corrected chi connectivity index (χ0v) is 13.1. The largest absolute Gasteiger partial charge is 0.480 e. The molecule has 1 aliphatic heterocycles. The predicted molar refractivity (Wildman–Crippen MR) is 87.5 cm³/mol. The van der Waals surface area contributed by atoms with E-state index in [-0.39, 0.29) is 5.91 Å². The lowest BCUT2D eigenvalue weighted by Crippen LogP contribution is -2.32. The summed E-state index contributed by atoms with van der Waals surface area (Å²) in [5.41, 5.74) is 1.09. The van der Waals surface area contributed by atoms with E-state index in [1.807, 2.05) is 35.0 Å². The molecule has 2 heterocycles. The van der Waals surface area contributed by atoms with Crippen LogP contribution in [0.1, 0.15) is 43.7 Å². The Morgan fingerprint density at radius 3 is 2.83 bits per heavy atom. The van der Waals surface area contributed by atoms with Gasteiger partial charge in [-0.2, -0.15) is 5.10 Å². The number of benzene rings is 1. The maximum atomic E-state index is 12.5. The molecule has 0 radical (unpaired) electrons. The van der Waals surface area contributed by atoms with Crippen LogP contribution in [-0.2, 0) is 11.2 Å². The molecule has 2 aliphatic rings. The van der Waals surface area contributed by atoms with Crippen molar-refractivity contribution in [1.29, 1.82) is 0 Å². The fourth-order valence-corrected chi connectivity index (χ4v) is 3.56. The van der Waals surface area contributed by atoms with Gasteiger partial charge in [-0.05, 0) is 24.5 Å². The molecule has 120 valence electrons. The van der Waals surface area contributed by atoms with Crippen molar-refractivity contribution < 1.29 is 9.53 Å². The van der Waals surface area contributed by atoms with Gasteiger partial charge in [0.2, 0.25) is 0 Å². The SMILES string of the molecule is O=C(Nc1ccnn1C1CCCCC1)C1Cc2ccccc2O1.